The van der Waals surface area contributed by atoms with Gasteiger partial charge >= 0.3 is 0 Å². The lowest BCUT2D eigenvalue weighted by Gasteiger charge is -2.32. The molecule has 9 heteroatoms. The number of carbonyl (C=O) groups is 2. The minimum atomic E-state index is -4.16. The smallest absolute Gasteiger partial charge is 0.264 e. The Labute approximate surface area is 225 Å². The van der Waals surface area contributed by atoms with Crippen molar-refractivity contribution in [3.63, 3.8) is 0 Å². The van der Waals surface area contributed by atoms with Crippen LogP contribution in [0.5, 0.6) is 5.75 Å². The molecule has 2 amide bonds. The first kappa shape index (κ1) is 28.7. The Morgan fingerprint density at radius 2 is 1.63 bits per heavy atom. The van der Waals surface area contributed by atoms with Crippen molar-refractivity contribution < 1.29 is 22.7 Å². The number of hydrogen-bond acceptors (Lipinski definition) is 5. The Hall–Kier alpha value is -3.85. The highest BCUT2D eigenvalue weighted by atomic mass is 32.2. The number of likely N-dealkylation sites (N-methyl/N-ethyl adjacent to an activating group) is 1. The molecule has 202 valence electrons. The molecule has 0 unspecified atom stereocenters. The average molecular weight is 538 g/mol. The van der Waals surface area contributed by atoms with Crippen molar-refractivity contribution in [1.82, 2.24) is 10.2 Å². The van der Waals surface area contributed by atoms with Gasteiger partial charge in [-0.3, -0.25) is 13.9 Å². The van der Waals surface area contributed by atoms with Crippen molar-refractivity contribution in [2.75, 3.05) is 24.5 Å². The molecule has 38 heavy (non-hydrogen) atoms. The Morgan fingerprint density at radius 1 is 0.947 bits per heavy atom. The van der Waals surface area contributed by atoms with E-state index in [0.717, 1.165) is 21.0 Å². The van der Waals surface area contributed by atoms with Crippen LogP contribution in [-0.2, 0) is 26.2 Å². The van der Waals surface area contributed by atoms with E-state index in [4.69, 9.17) is 4.74 Å². The molecule has 0 aliphatic carbocycles. The number of sulfonamides is 1. The van der Waals surface area contributed by atoms with Crippen LogP contribution < -0.4 is 14.4 Å². The number of ether oxygens (including phenoxy) is 1. The second kappa shape index (κ2) is 12.6. The molecule has 3 rings (SSSR count). The second-order valence-corrected chi connectivity index (χ2v) is 10.9. The van der Waals surface area contributed by atoms with Crippen LogP contribution in [-0.4, -0.2) is 51.4 Å². The van der Waals surface area contributed by atoms with Gasteiger partial charge in [0.05, 0.1) is 17.7 Å². The number of rotatable bonds is 11. The highest BCUT2D eigenvalue weighted by molar-refractivity contribution is 7.92. The fourth-order valence-electron chi connectivity index (χ4n) is 4.14. The molecule has 0 saturated heterocycles. The number of nitrogens with one attached hydrogen (secondary N) is 1. The van der Waals surface area contributed by atoms with Gasteiger partial charge in [0.25, 0.3) is 10.0 Å². The third-order valence-electron chi connectivity index (χ3n) is 6.17. The number of anilines is 1. The van der Waals surface area contributed by atoms with E-state index < -0.39 is 28.5 Å². The third-order valence-corrected chi connectivity index (χ3v) is 7.94. The van der Waals surface area contributed by atoms with Crippen molar-refractivity contribution in [1.29, 1.82) is 0 Å². The Balaban J connectivity index is 2.09. The molecule has 3 aromatic rings. The van der Waals surface area contributed by atoms with Crippen LogP contribution in [0.15, 0.2) is 77.7 Å². The molecule has 0 aliphatic rings. The number of carbonyl (C=O) groups excluding carboxylic acids is 2. The summed E-state index contributed by atoms with van der Waals surface area (Å²) >= 11 is 0. The molecule has 3 aromatic carbocycles. The van der Waals surface area contributed by atoms with E-state index in [1.54, 1.807) is 50.2 Å². The monoisotopic (exact) mass is 537 g/mol. The molecule has 1 N–H and O–H groups in total. The van der Waals surface area contributed by atoms with Crippen molar-refractivity contribution in [3.8, 4) is 5.75 Å². The van der Waals surface area contributed by atoms with E-state index in [0.29, 0.717) is 12.3 Å². The minimum absolute atomic E-state index is 0.0402. The van der Waals surface area contributed by atoms with Gasteiger partial charge in [0.1, 0.15) is 18.3 Å². The first-order valence-electron chi connectivity index (χ1n) is 12.4. The lowest BCUT2D eigenvalue weighted by Crippen LogP contribution is -2.51. The van der Waals surface area contributed by atoms with Crippen molar-refractivity contribution in [3.05, 3.63) is 89.5 Å². The minimum Gasteiger partial charge on any atom is -0.495 e. The Morgan fingerprint density at radius 3 is 2.26 bits per heavy atom. The fraction of sp³-hybridized carbons (Fsp3) is 0.310. The van der Waals surface area contributed by atoms with Gasteiger partial charge in [-0.25, -0.2) is 8.42 Å². The lowest BCUT2D eigenvalue weighted by atomic mass is 10.1. The van der Waals surface area contributed by atoms with Crippen molar-refractivity contribution in [2.24, 2.45) is 0 Å². The number of amides is 2. The number of nitrogens with zero attached hydrogens (tertiary/aromatic N) is 2. The lowest BCUT2D eigenvalue weighted by molar-refractivity contribution is -0.139. The van der Waals surface area contributed by atoms with Gasteiger partial charge in [-0.2, -0.15) is 0 Å². The highest BCUT2D eigenvalue weighted by Crippen LogP contribution is 2.33. The fourth-order valence-corrected chi connectivity index (χ4v) is 5.58. The zero-order valence-corrected chi connectivity index (χ0v) is 23.3. The summed E-state index contributed by atoms with van der Waals surface area (Å²) < 4.78 is 34.3. The number of hydrogen-bond donors (Lipinski definition) is 1. The maximum absolute atomic E-state index is 13.9. The summed E-state index contributed by atoms with van der Waals surface area (Å²) in [6, 6.07) is 19.9. The molecule has 0 heterocycles. The zero-order valence-electron chi connectivity index (χ0n) is 22.5. The molecule has 1 atom stereocenters. The van der Waals surface area contributed by atoms with Gasteiger partial charge in [0.15, 0.2) is 0 Å². The SMILES string of the molecule is CCNC(=O)[C@H](C)N(Cc1cccc(C)c1)C(=O)CN(c1cc(C)ccc1OC)S(=O)(=O)c1ccccc1. The normalized spacial score (nSPS) is 11.9. The van der Waals surface area contributed by atoms with Gasteiger partial charge in [-0.05, 0) is 63.1 Å². The van der Waals surface area contributed by atoms with Gasteiger partial charge in [0, 0.05) is 13.1 Å². The van der Waals surface area contributed by atoms with Gasteiger partial charge < -0.3 is 15.0 Å². The molecule has 0 spiro atoms. The first-order valence-corrected chi connectivity index (χ1v) is 13.9. The Kier molecular flexibility index (Phi) is 9.52. The largest absolute Gasteiger partial charge is 0.495 e. The Bertz CT molecular complexity index is 1380. The summed E-state index contributed by atoms with van der Waals surface area (Å²) in [5, 5.41) is 2.76. The molecular weight excluding hydrogens is 502 g/mol. The molecule has 0 aromatic heterocycles. The standard InChI is InChI=1S/C29H35N3O5S/c1-6-30-29(34)23(4)31(19-24-12-10-11-21(2)17-24)28(33)20-32(26-18-22(3)15-16-27(26)37-5)38(35,36)25-13-8-7-9-14-25/h7-18,23H,6,19-20H2,1-5H3,(H,30,34)/t23-/m0/s1. The molecule has 0 aliphatic heterocycles. The molecule has 8 nitrogen and oxygen atoms in total. The molecule has 0 fully saturated rings. The molecule has 0 saturated carbocycles. The van der Waals surface area contributed by atoms with Gasteiger partial charge in [0.2, 0.25) is 11.8 Å². The molecular formula is C29H35N3O5S. The topological polar surface area (TPSA) is 96.0 Å². The second-order valence-electron chi connectivity index (χ2n) is 9.08. The van der Waals surface area contributed by atoms with Crippen LogP contribution in [0.2, 0.25) is 0 Å². The summed E-state index contributed by atoms with van der Waals surface area (Å²) in [5.74, 6) is -0.530. The van der Waals surface area contributed by atoms with Crippen LogP contribution in [0.4, 0.5) is 5.69 Å². The van der Waals surface area contributed by atoms with Crippen LogP contribution in [0.25, 0.3) is 0 Å². The van der Waals surface area contributed by atoms with E-state index in [-0.39, 0.29) is 23.0 Å². The zero-order chi connectivity index (χ0) is 27.9. The summed E-state index contributed by atoms with van der Waals surface area (Å²) in [5.41, 5.74) is 2.89. The van der Waals surface area contributed by atoms with E-state index in [1.807, 2.05) is 38.1 Å². The van der Waals surface area contributed by atoms with E-state index in [2.05, 4.69) is 5.32 Å². The van der Waals surface area contributed by atoms with E-state index in [9.17, 15) is 18.0 Å². The van der Waals surface area contributed by atoms with Crippen LogP contribution in [0.1, 0.15) is 30.5 Å². The van der Waals surface area contributed by atoms with Crippen LogP contribution in [0, 0.1) is 13.8 Å². The van der Waals surface area contributed by atoms with E-state index >= 15 is 0 Å². The van der Waals surface area contributed by atoms with Crippen molar-refractivity contribution in [2.45, 2.75) is 45.2 Å². The molecule has 0 radical (unpaired) electrons. The number of methoxy groups -OCH3 is 1. The quantitative estimate of drug-likeness (QED) is 0.398. The summed E-state index contributed by atoms with van der Waals surface area (Å²) in [6.07, 6.45) is 0. The maximum Gasteiger partial charge on any atom is 0.264 e. The van der Waals surface area contributed by atoms with Crippen molar-refractivity contribution >= 4 is 27.5 Å². The predicted molar refractivity (Wildman–Crippen MR) is 149 cm³/mol. The van der Waals surface area contributed by atoms with Gasteiger partial charge in [-0.1, -0.05) is 54.1 Å². The number of benzene rings is 3. The number of aryl methyl sites for hydroxylation is 2. The predicted octanol–water partition coefficient (Wildman–Crippen LogP) is 4.06. The summed E-state index contributed by atoms with van der Waals surface area (Å²) in [4.78, 5) is 28.2. The van der Waals surface area contributed by atoms with Crippen LogP contribution in [0.3, 0.4) is 0 Å². The van der Waals surface area contributed by atoms with Crippen LogP contribution >= 0.6 is 0 Å². The average Bonchev–Trinajstić information content (AvgIpc) is 2.90. The molecule has 0 bridgehead atoms. The first-order chi connectivity index (χ1) is 18.1. The third kappa shape index (κ3) is 6.72. The summed E-state index contributed by atoms with van der Waals surface area (Å²) in [7, 11) is -2.71. The van der Waals surface area contributed by atoms with E-state index in [1.165, 1.54) is 24.1 Å². The highest BCUT2D eigenvalue weighted by Gasteiger charge is 2.33. The summed E-state index contributed by atoms with van der Waals surface area (Å²) in [6.45, 7) is 7.25. The maximum atomic E-state index is 13.9. The van der Waals surface area contributed by atoms with Gasteiger partial charge in [-0.15, -0.1) is 0 Å².